The van der Waals surface area contributed by atoms with Gasteiger partial charge in [-0.15, -0.1) is 11.3 Å². The van der Waals surface area contributed by atoms with Crippen LogP contribution < -0.4 is 0 Å². The van der Waals surface area contributed by atoms with Gasteiger partial charge < -0.3 is 8.98 Å². The van der Waals surface area contributed by atoms with Crippen LogP contribution in [0.3, 0.4) is 0 Å². The van der Waals surface area contributed by atoms with E-state index in [0.29, 0.717) is 5.82 Å². The van der Waals surface area contributed by atoms with Crippen molar-refractivity contribution in [2.45, 2.75) is 0 Å². The van der Waals surface area contributed by atoms with E-state index in [0.717, 1.165) is 81.9 Å². The standard InChI is InChI=1S/C44H25N3OS/c1-2-13-27(14-3-1)40-43-41(31-18-8-11-21-37(31)49-43)46-44(45-40)32-23-24-35(47-33-19-9-6-16-29(33)30-17-7-10-20-34(30)47)42-39(32)38-28-15-5-4-12-26(28)22-25-36(38)48-42/h1-25H. The molecule has 228 valence electrons. The molecular weight excluding hydrogens is 619 g/mol. The number of fused-ring (bicyclic) bond motifs is 11. The third-order valence-corrected chi connectivity index (χ3v) is 11.0. The van der Waals surface area contributed by atoms with Gasteiger partial charge in [-0.25, -0.2) is 9.97 Å². The molecule has 0 saturated heterocycles. The lowest BCUT2D eigenvalue weighted by Crippen LogP contribution is -1.97. The van der Waals surface area contributed by atoms with Crippen molar-refractivity contribution in [2.24, 2.45) is 0 Å². The van der Waals surface area contributed by atoms with Crippen LogP contribution in [0.5, 0.6) is 0 Å². The minimum atomic E-state index is 0.685. The Balaban J connectivity index is 1.31. The smallest absolute Gasteiger partial charge is 0.161 e. The summed E-state index contributed by atoms with van der Waals surface area (Å²) in [5, 5.41) is 7.96. The third-order valence-electron chi connectivity index (χ3n) is 9.82. The molecule has 49 heavy (non-hydrogen) atoms. The molecule has 0 N–H and O–H groups in total. The Morgan fingerprint density at radius 2 is 1.20 bits per heavy atom. The van der Waals surface area contributed by atoms with Crippen LogP contribution in [0.2, 0.25) is 0 Å². The summed E-state index contributed by atoms with van der Waals surface area (Å²) in [6, 6.07) is 53.4. The van der Waals surface area contributed by atoms with Crippen molar-refractivity contribution in [1.82, 2.24) is 14.5 Å². The topological polar surface area (TPSA) is 43.9 Å². The van der Waals surface area contributed by atoms with Gasteiger partial charge in [0.2, 0.25) is 0 Å². The lowest BCUT2D eigenvalue weighted by atomic mass is 9.99. The number of para-hydroxylation sites is 2. The molecule has 11 aromatic rings. The molecule has 0 saturated carbocycles. The normalized spacial score (nSPS) is 12.1. The predicted molar refractivity (Wildman–Crippen MR) is 205 cm³/mol. The van der Waals surface area contributed by atoms with Gasteiger partial charge in [-0.3, -0.25) is 0 Å². The second kappa shape index (κ2) is 10.1. The van der Waals surface area contributed by atoms with Gasteiger partial charge in [-0.2, -0.15) is 0 Å². The maximum Gasteiger partial charge on any atom is 0.161 e. The zero-order chi connectivity index (χ0) is 32.1. The highest BCUT2D eigenvalue weighted by Crippen LogP contribution is 2.45. The second-order valence-electron chi connectivity index (χ2n) is 12.5. The maximum absolute atomic E-state index is 6.96. The zero-order valence-corrected chi connectivity index (χ0v) is 26.9. The van der Waals surface area contributed by atoms with E-state index >= 15 is 0 Å². The van der Waals surface area contributed by atoms with Crippen molar-refractivity contribution in [1.29, 1.82) is 0 Å². The van der Waals surface area contributed by atoms with Crippen LogP contribution >= 0.6 is 11.3 Å². The highest BCUT2D eigenvalue weighted by Gasteiger charge is 2.24. The van der Waals surface area contributed by atoms with Gasteiger partial charge in [0.25, 0.3) is 0 Å². The first-order valence-corrected chi connectivity index (χ1v) is 17.2. The van der Waals surface area contributed by atoms with E-state index in [1.807, 2.05) is 6.07 Å². The molecule has 0 atom stereocenters. The molecule has 0 aliphatic heterocycles. The fraction of sp³-hybridized carbons (Fsp3) is 0. The van der Waals surface area contributed by atoms with E-state index < -0.39 is 0 Å². The number of hydrogen-bond donors (Lipinski definition) is 0. The van der Waals surface area contributed by atoms with E-state index in [2.05, 4.69) is 150 Å². The Bertz CT molecular complexity index is 3060. The summed E-state index contributed by atoms with van der Waals surface area (Å²) in [7, 11) is 0. The number of aromatic nitrogens is 3. The van der Waals surface area contributed by atoms with Crippen LogP contribution in [0.1, 0.15) is 0 Å². The van der Waals surface area contributed by atoms with Crippen LogP contribution in [-0.4, -0.2) is 14.5 Å². The van der Waals surface area contributed by atoms with E-state index in [-0.39, 0.29) is 0 Å². The van der Waals surface area contributed by atoms with E-state index in [9.17, 15) is 0 Å². The Morgan fingerprint density at radius 3 is 2.00 bits per heavy atom. The molecule has 0 amide bonds. The number of thiophene rings is 1. The van der Waals surface area contributed by atoms with Crippen molar-refractivity contribution in [2.75, 3.05) is 0 Å². The van der Waals surface area contributed by atoms with Gasteiger partial charge in [0.15, 0.2) is 11.4 Å². The van der Waals surface area contributed by atoms with Gasteiger partial charge in [0.05, 0.1) is 32.6 Å². The molecule has 0 unspecified atom stereocenters. The highest BCUT2D eigenvalue weighted by molar-refractivity contribution is 7.26. The quantitative estimate of drug-likeness (QED) is 0.192. The van der Waals surface area contributed by atoms with Gasteiger partial charge in [0, 0.05) is 42.8 Å². The van der Waals surface area contributed by atoms with Gasteiger partial charge >= 0.3 is 0 Å². The van der Waals surface area contributed by atoms with Crippen LogP contribution in [0.25, 0.3) is 103 Å². The first kappa shape index (κ1) is 26.7. The minimum absolute atomic E-state index is 0.685. The lowest BCUT2D eigenvalue weighted by Gasteiger charge is -2.12. The van der Waals surface area contributed by atoms with Crippen molar-refractivity contribution < 1.29 is 4.42 Å². The second-order valence-corrected chi connectivity index (χ2v) is 13.6. The molecule has 0 spiro atoms. The average Bonchev–Trinajstić information content (AvgIpc) is 3.85. The molecule has 4 aromatic heterocycles. The molecule has 4 heterocycles. The van der Waals surface area contributed by atoms with Crippen LogP contribution in [0.15, 0.2) is 156 Å². The Morgan fingerprint density at radius 1 is 0.531 bits per heavy atom. The summed E-state index contributed by atoms with van der Waals surface area (Å²) in [6.07, 6.45) is 0. The Kier molecular flexibility index (Phi) is 5.51. The summed E-state index contributed by atoms with van der Waals surface area (Å²) < 4.78 is 11.6. The largest absolute Gasteiger partial charge is 0.454 e. The zero-order valence-electron chi connectivity index (χ0n) is 26.1. The monoisotopic (exact) mass is 643 g/mol. The Labute approximate surface area is 284 Å². The molecule has 0 aliphatic carbocycles. The van der Waals surface area contributed by atoms with Gasteiger partial charge in [0.1, 0.15) is 5.58 Å². The van der Waals surface area contributed by atoms with Crippen molar-refractivity contribution in [3.05, 3.63) is 152 Å². The summed E-state index contributed by atoms with van der Waals surface area (Å²) in [6.45, 7) is 0. The minimum Gasteiger partial charge on any atom is -0.454 e. The maximum atomic E-state index is 6.96. The summed E-state index contributed by atoms with van der Waals surface area (Å²) >= 11 is 1.75. The number of hydrogen-bond acceptors (Lipinski definition) is 4. The fourth-order valence-corrected chi connectivity index (χ4v) is 8.83. The Hall–Kier alpha value is -6.30. The fourth-order valence-electron chi connectivity index (χ4n) is 7.68. The molecule has 0 aliphatic rings. The third kappa shape index (κ3) is 3.79. The SMILES string of the molecule is c1ccc(-c2nc(-c3ccc(-n4c5ccccc5c5ccccc54)c4oc5ccc6ccccc6c5c34)nc3c2sc2ccccc23)cc1. The van der Waals surface area contributed by atoms with Crippen molar-refractivity contribution in [3.8, 4) is 28.3 Å². The molecule has 4 nitrogen and oxygen atoms in total. The summed E-state index contributed by atoms with van der Waals surface area (Å²) in [5.74, 6) is 0.685. The van der Waals surface area contributed by atoms with E-state index in [1.54, 1.807) is 11.3 Å². The van der Waals surface area contributed by atoms with E-state index in [4.69, 9.17) is 14.4 Å². The molecule has 0 radical (unpaired) electrons. The van der Waals surface area contributed by atoms with Gasteiger partial charge in [-0.1, -0.05) is 115 Å². The number of nitrogens with zero attached hydrogens (tertiary/aromatic N) is 3. The predicted octanol–water partition coefficient (Wildman–Crippen LogP) is 12.3. The number of furan rings is 1. The summed E-state index contributed by atoms with van der Waals surface area (Å²) in [5.41, 5.74) is 8.85. The molecule has 11 rings (SSSR count). The first-order chi connectivity index (χ1) is 24.3. The molecular formula is C44H25N3OS. The lowest BCUT2D eigenvalue weighted by molar-refractivity contribution is 0.666. The van der Waals surface area contributed by atoms with E-state index in [1.165, 1.54) is 15.5 Å². The number of rotatable bonds is 3. The van der Waals surface area contributed by atoms with Crippen LogP contribution in [0, 0.1) is 0 Å². The molecule has 0 fully saturated rings. The molecule has 7 aromatic carbocycles. The molecule has 0 bridgehead atoms. The van der Waals surface area contributed by atoms with Crippen molar-refractivity contribution in [3.63, 3.8) is 0 Å². The average molecular weight is 644 g/mol. The summed E-state index contributed by atoms with van der Waals surface area (Å²) in [4.78, 5) is 10.8. The first-order valence-electron chi connectivity index (χ1n) is 16.4. The van der Waals surface area contributed by atoms with Crippen molar-refractivity contribution >= 4 is 86.2 Å². The van der Waals surface area contributed by atoms with Crippen LogP contribution in [-0.2, 0) is 0 Å². The number of benzene rings is 7. The highest BCUT2D eigenvalue weighted by atomic mass is 32.1. The van der Waals surface area contributed by atoms with Crippen LogP contribution in [0.4, 0.5) is 0 Å². The van der Waals surface area contributed by atoms with Gasteiger partial charge in [-0.05, 0) is 47.2 Å². The molecule has 5 heteroatoms.